The number of benzene rings is 2. The molecular formula is C22H26Cl2N2O3. The lowest BCUT2D eigenvalue weighted by atomic mass is 10.1. The number of nitrogens with zero attached hydrogens (tertiary/aromatic N) is 1. The van der Waals surface area contributed by atoms with Gasteiger partial charge in [0.25, 0.3) is 5.91 Å². The summed E-state index contributed by atoms with van der Waals surface area (Å²) in [4.78, 5) is 27.0. The molecule has 0 heterocycles. The molecule has 0 radical (unpaired) electrons. The Kier molecular flexibility index (Phi) is 8.80. The minimum absolute atomic E-state index is 0.201. The summed E-state index contributed by atoms with van der Waals surface area (Å²) in [5.74, 6) is 0.308. The fraction of sp³-hybridized carbons (Fsp3) is 0.364. The van der Waals surface area contributed by atoms with Crippen LogP contribution in [-0.4, -0.2) is 35.9 Å². The molecule has 1 atom stereocenters. The third-order valence-corrected chi connectivity index (χ3v) is 4.95. The predicted molar refractivity (Wildman–Crippen MR) is 116 cm³/mol. The third kappa shape index (κ3) is 7.26. The number of hydrogen-bond donors (Lipinski definition) is 1. The number of nitrogens with one attached hydrogen (secondary N) is 1. The highest BCUT2D eigenvalue weighted by atomic mass is 35.5. The van der Waals surface area contributed by atoms with Gasteiger partial charge in [0, 0.05) is 23.1 Å². The smallest absolute Gasteiger partial charge is 0.261 e. The van der Waals surface area contributed by atoms with Gasteiger partial charge in [0.1, 0.15) is 11.8 Å². The molecule has 0 fully saturated rings. The molecule has 2 rings (SSSR count). The summed E-state index contributed by atoms with van der Waals surface area (Å²) in [7, 11) is 0. The highest BCUT2D eigenvalue weighted by Crippen LogP contribution is 2.20. The Labute approximate surface area is 181 Å². The van der Waals surface area contributed by atoms with Crippen LogP contribution >= 0.6 is 23.2 Å². The lowest BCUT2D eigenvalue weighted by molar-refractivity contribution is -0.142. The Morgan fingerprint density at radius 1 is 1.03 bits per heavy atom. The number of ether oxygens (including phenoxy) is 1. The summed E-state index contributed by atoms with van der Waals surface area (Å²) < 4.78 is 5.59. The SMILES string of the molecule is CC(C)CNC(=O)[C@@H](C)N(Cc1ccccc1Cl)C(=O)COc1ccc(Cl)cc1. The maximum absolute atomic E-state index is 12.9. The van der Waals surface area contributed by atoms with Gasteiger partial charge >= 0.3 is 0 Å². The summed E-state index contributed by atoms with van der Waals surface area (Å²) in [5, 5.41) is 4.00. The molecule has 0 unspecified atom stereocenters. The molecule has 2 aromatic carbocycles. The van der Waals surface area contributed by atoms with Crippen LogP contribution in [0.5, 0.6) is 5.75 Å². The number of rotatable bonds is 9. The highest BCUT2D eigenvalue weighted by Gasteiger charge is 2.27. The van der Waals surface area contributed by atoms with E-state index in [-0.39, 0.29) is 25.0 Å². The third-order valence-electron chi connectivity index (χ3n) is 4.33. The summed E-state index contributed by atoms with van der Waals surface area (Å²) in [6.07, 6.45) is 0. The average molecular weight is 437 g/mol. The van der Waals surface area contributed by atoms with Gasteiger partial charge < -0.3 is 15.0 Å². The molecule has 0 aliphatic rings. The van der Waals surface area contributed by atoms with Crippen LogP contribution in [0.15, 0.2) is 48.5 Å². The van der Waals surface area contributed by atoms with E-state index in [4.69, 9.17) is 27.9 Å². The fourth-order valence-electron chi connectivity index (χ4n) is 2.60. The molecule has 0 saturated carbocycles. The summed E-state index contributed by atoms with van der Waals surface area (Å²) in [6, 6.07) is 13.3. The Balaban J connectivity index is 2.13. The largest absolute Gasteiger partial charge is 0.484 e. The van der Waals surface area contributed by atoms with Gasteiger partial charge in [-0.25, -0.2) is 0 Å². The van der Waals surface area contributed by atoms with Crippen molar-refractivity contribution in [2.45, 2.75) is 33.4 Å². The maximum atomic E-state index is 12.9. The van der Waals surface area contributed by atoms with Gasteiger partial charge in [0.05, 0.1) is 0 Å². The van der Waals surface area contributed by atoms with Crippen molar-refractivity contribution in [3.63, 3.8) is 0 Å². The lowest BCUT2D eigenvalue weighted by Gasteiger charge is -2.29. The van der Waals surface area contributed by atoms with Gasteiger partial charge in [-0.05, 0) is 48.7 Å². The first-order valence-electron chi connectivity index (χ1n) is 9.47. The minimum Gasteiger partial charge on any atom is -0.484 e. The van der Waals surface area contributed by atoms with Crippen LogP contribution in [0.2, 0.25) is 10.0 Å². The van der Waals surface area contributed by atoms with Crippen molar-refractivity contribution in [2.24, 2.45) is 5.92 Å². The molecule has 2 aromatic rings. The van der Waals surface area contributed by atoms with Crippen LogP contribution in [0.3, 0.4) is 0 Å². The van der Waals surface area contributed by atoms with Gasteiger partial charge in [-0.2, -0.15) is 0 Å². The van der Waals surface area contributed by atoms with Crippen molar-refractivity contribution >= 4 is 35.0 Å². The number of carbonyl (C=O) groups is 2. The summed E-state index contributed by atoms with van der Waals surface area (Å²) >= 11 is 12.1. The molecule has 0 bridgehead atoms. The zero-order valence-electron chi connectivity index (χ0n) is 16.8. The van der Waals surface area contributed by atoms with Gasteiger partial charge in [-0.15, -0.1) is 0 Å². The molecule has 0 saturated heterocycles. The Bertz CT molecular complexity index is 825. The van der Waals surface area contributed by atoms with Crippen LogP contribution < -0.4 is 10.1 Å². The quantitative estimate of drug-likeness (QED) is 0.626. The molecule has 5 nitrogen and oxygen atoms in total. The van der Waals surface area contributed by atoms with E-state index in [1.165, 1.54) is 4.90 Å². The number of carbonyl (C=O) groups excluding carboxylic acids is 2. The van der Waals surface area contributed by atoms with Crippen molar-refractivity contribution in [3.05, 3.63) is 64.1 Å². The summed E-state index contributed by atoms with van der Waals surface area (Å²) in [6.45, 7) is 6.27. The molecule has 7 heteroatoms. The number of halogens is 2. The van der Waals surface area contributed by atoms with Crippen molar-refractivity contribution in [3.8, 4) is 5.75 Å². The molecule has 0 aliphatic carbocycles. The van der Waals surface area contributed by atoms with Crippen molar-refractivity contribution in [1.82, 2.24) is 10.2 Å². The van der Waals surface area contributed by atoms with Gasteiger partial charge in [-0.3, -0.25) is 9.59 Å². The highest BCUT2D eigenvalue weighted by molar-refractivity contribution is 6.31. The Morgan fingerprint density at radius 2 is 1.69 bits per heavy atom. The van der Waals surface area contributed by atoms with Gasteiger partial charge in [-0.1, -0.05) is 55.2 Å². The minimum atomic E-state index is -0.675. The molecule has 156 valence electrons. The molecule has 0 spiro atoms. The second kappa shape index (κ2) is 11.1. The Hall–Kier alpha value is -2.24. The van der Waals surface area contributed by atoms with Gasteiger partial charge in [0.2, 0.25) is 5.91 Å². The van der Waals surface area contributed by atoms with E-state index in [0.717, 1.165) is 5.56 Å². The zero-order valence-corrected chi connectivity index (χ0v) is 18.3. The lowest BCUT2D eigenvalue weighted by Crippen LogP contribution is -2.49. The monoisotopic (exact) mass is 436 g/mol. The average Bonchev–Trinajstić information content (AvgIpc) is 2.70. The molecule has 29 heavy (non-hydrogen) atoms. The first kappa shape index (κ1) is 23.0. The topological polar surface area (TPSA) is 58.6 Å². The standard InChI is InChI=1S/C22H26Cl2N2O3/c1-15(2)12-25-22(28)16(3)26(13-17-6-4-5-7-20(17)24)21(27)14-29-19-10-8-18(23)9-11-19/h4-11,15-16H,12-14H2,1-3H3,(H,25,28)/t16-/m1/s1. The van der Waals surface area contributed by atoms with E-state index in [0.29, 0.717) is 28.3 Å². The van der Waals surface area contributed by atoms with Crippen molar-refractivity contribution in [2.75, 3.05) is 13.2 Å². The van der Waals surface area contributed by atoms with E-state index in [2.05, 4.69) is 5.32 Å². The maximum Gasteiger partial charge on any atom is 0.261 e. The molecule has 0 aliphatic heterocycles. The van der Waals surface area contributed by atoms with Crippen LogP contribution in [0, 0.1) is 5.92 Å². The van der Waals surface area contributed by atoms with E-state index in [1.807, 2.05) is 32.0 Å². The Morgan fingerprint density at radius 3 is 2.31 bits per heavy atom. The van der Waals surface area contributed by atoms with Crippen molar-refractivity contribution < 1.29 is 14.3 Å². The first-order valence-corrected chi connectivity index (χ1v) is 10.2. The molecule has 0 aromatic heterocycles. The molecule has 2 amide bonds. The molecule has 1 N–H and O–H groups in total. The normalized spacial score (nSPS) is 11.8. The van der Waals surface area contributed by atoms with Crippen LogP contribution in [-0.2, 0) is 16.1 Å². The second-order valence-corrected chi connectivity index (χ2v) is 8.01. The van der Waals surface area contributed by atoms with Crippen LogP contribution in [0.25, 0.3) is 0 Å². The van der Waals surface area contributed by atoms with E-state index < -0.39 is 6.04 Å². The predicted octanol–water partition coefficient (Wildman–Crippen LogP) is 4.56. The van der Waals surface area contributed by atoms with E-state index >= 15 is 0 Å². The van der Waals surface area contributed by atoms with Gasteiger partial charge in [0.15, 0.2) is 6.61 Å². The number of hydrogen-bond acceptors (Lipinski definition) is 3. The summed E-state index contributed by atoms with van der Waals surface area (Å²) in [5.41, 5.74) is 0.762. The number of amides is 2. The van der Waals surface area contributed by atoms with E-state index in [9.17, 15) is 9.59 Å². The van der Waals surface area contributed by atoms with Crippen LogP contribution in [0.1, 0.15) is 26.3 Å². The van der Waals surface area contributed by atoms with Crippen molar-refractivity contribution in [1.29, 1.82) is 0 Å². The van der Waals surface area contributed by atoms with E-state index in [1.54, 1.807) is 37.3 Å². The molecular weight excluding hydrogens is 411 g/mol. The van der Waals surface area contributed by atoms with Crippen LogP contribution in [0.4, 0.5) is 0 Å². The first-order chi connectivity index (χ1) is 13.8. The zero-order chi connectivity index (χ0) is 21.4. The second-order valence-electron chi connectivity index (χ2n) is 7.17. The fourth-order valence-corrected chi connectivity index (χ4v) is 2.93.